The van der Waals surface area contributed by atoms with Crippen molar-refractivity contribution in [3.05, 3.63) is 101 Å². The number of amides is 3. The van der Waals surface area contributed by atoms with Crippen molar-refractivity contribution in [3.63, 3.8) is 0 Å². The van der Waals surface area contributed by atoms with Crippen molar-refractivity contribution in [1.82, 2.24) is 4.98 Å². The Morgan fingerprint density at radius 1 is 0.889 bits per heavy atom. The summed E-state index contributed by atoms with van der Waals surface area (Å²) in [5.41, 5.74) is 3.59. The van der Waals surface area contributed by atoms with Crippen molar-refractivity contribution < 1.29 is 23.9 Å². The van der Waals surface area contributed by atoms with Crippen LogP contribution in [0.15, 0.2) is 72.8 Å². The largest absolute Gasteiger partial charge is 0.462 e. The number of hydrogen-bond acceptors (Lipinski definition) is 6. The molecule has 0 saturated carbocycles. The number of rotatable bonds is 5. The smallest absolute Gasteiger partial charge is 0.338 e. The maximum absolute atomic E-state index is 13.1. The van der Waals surface area contributed by atoms with Crippen LogP contribution in [-0.4, -0.2) is 35.3 Å². The lowest BCUT2D eigenvalue weighted by molar-refractivity contribution is 0.0526. The number of esters is 1. The summed E-state index contributed by atoms with van der Waals surface area (Å²) in [6.07, 6.45) is 0. The van der Waals surface area contributed by atoms with Crippen molar-refractivity contribution in [1.29, 1.82) is 0 Å². The standard InChI is InChI=1S/C28H21N3O5/c1-3-36-28(35)18-10-13-23-22(15-18)24(14-16(2)29-23)30-25(32)17-8-11-19(12-9-17)31-26(33)20-6-4-5-7-21(20)27(31)34/h4-15H,3H2,1-2H3,(H,29,30,32). The van der Waals surface area contributed by atoms with Crippen molar-refractivity contribution in [2.24, 2.45) is 0 Å². The van der Waals surface area contributed by atoms with Crippen molar-refractivity contribution in [2.75, 3.05) is 16.8 Å². The lowest BCUT2D eigenvalue weighted by Gasteiger charge is -2.15. The van der Waals surface area contributed by atoms with E-state index in [1.165, 1.54) is 0 Å². The third-order valence-corrected chi connectivity index (χ3v) is 5.88. The van der Waals surface area contributed by atoms with E-state index in [0.717, 1.165) is 4.90 Å². The molecule has 36 heavy (non-hydrogen) atoms. The quantitative estimate of drug-likeness (QED) is 0.326. The number of nitrogens with zero attached hydrogens (tertiary/aromatic N) is 2. The second-order valence-corrected chi connectivity index (χ2v) is 8.26. The molecule has 0 radical (unpaired) electrons. The molecule has 0 atom stereocenters. The SMILES string of the molecule is CCOC(=O)c1ccc2nc(C)cc(NC(=O)c3ccc(N4C(=O)c5ccccc5C4=O)cc3)c2c1. The number of fused-ring (bicyclic) bond motifs is 2. The van der Waals surface area contributed by atoms with E-state index in [1.807, 2.05) is 6.92 Å². The van der Waals surface area contributed by atoms with Crippen LogP contribution < -0.4 is 10.2 Å². The van der Waals surface area contributed by atoms with Crippen molar-refractivity contribution >= 4 is 46.0 Å². The highest BCUT2D eigenvalue weighted by Crippen LogP contribution is 2.29. The van der Waals surface area contributed by atoms with Gasteiger partial charge in [0, 0.05) is 16.6 Å². The van der Waals surface area contributed by atoms with Crippen LogP contribution in [0.5, 0.6) is 0 Å². The first-order valence-electron chi connectivity index (χ1n) is 11.3. The average molecular weight is 479 g/mol. The molecule has 0 fully saturated rings. The van der Waals surface area contributed by atoms with Gasteiger partial charge in [-0.15, -0.1) is 0 Å². The minimum Gasteiger partial charge on any atom is -0.462 e. The van der Waals surface area contributed by atoms with Crippen LogP contribution in [0.4, 0.5) is 11.4 Å². The lowest BCUT2D eigenvalue weighted by atomic mass is 10.1. The molecule has 0 unspecified atom stereocenters. The summed E-state index contributed by atoms with van der Waals surface area (Å²) in [4.78, 5) is 56.3. The van der Waals surface area contributed by atoms with Crippen molar-refractivity contribution in [3.8, 4) is 0 Å². The second kappa shape index (κ2) is 9.07. The predicted molar refractivity (Wildman–Crippen MR) is 134 cm³/mol. The molecule has 3 amide bonds. The number of pyridine rings is 1. The van der Waals surface area contributed by atoms with E-state index < -0.39 is 23.7 Å². The molecule has 3 aromatic carbocycles. The molecule has 178 valence electrons. The zero-order chi connectivity index (χ0) is 25.4. The van der Waals surface area contributed by atoms with Crippen LogP contribution >= 0.6 is 0 Å². The number of carbonyl (C=O) groups is 4. The summed E-state index contributed by atoms with van der Waals surface area (Å²) in [6.45, 7) is 3.80. The number of imide groups is 1. The highest BCUT2D eigenvalue weighted by Gasteiger charge is 2.36. The van der Waals surface area contributed by atoms with Crippen LogP contribution in [0.25, 0.3) is 10.9 Å². The van der Waals surface area contributed by atoms with Gasteiger partial charge in [0.2, 0.25) is 0 Å². The van der Waals surface area contributed by atoms with Gasteiger partial charge in [-0.05, 0) is 74.5 Å². The number of aromatic nitrogens is 1. The summed E-state index contributed by atoms with van der Waals surface area (Å²) in [5, 5.41) is 3.48. The molecule has 1 aliphatic heterocycles. The Bertz CT molecular complexity index is 1520. The van der Waals surface area contributed by atoms with Gasteiger partial charge in [-0.2, -0.15) is 0 Å². The fraction of sp³-hybridized carbons (Fsp3) is 0.107. The van der Waals surface area contributed by atoms with Gasteiger partial charge < -0.3 is 10.1 Å². The first kappa shape index (κ1) is 22.9. The van der Waals surface area contributed by atoms with Gasteiger partial charge >= 0.3 is 5.97 Å². The summed E-state index contributed by atoms with van der Waals surface area (Å²) < 4.78 is 5.08. The molecule has 0 aliphatic carbocycles. The maximum Gasteiger partial charge on any atom is 0.338 e. The molecule has 4 aromatic rings. The van der Waals surface area contributed by atoms with Gasteiger partial charge in [0.15, 0.2) is 0 Å². The number of nitrogens with one attached hydrogen (secondary N) is 1. The van der Waals surface area contributed by atoms with Crippen molar-refractivity contribution in [2.45, 2.75) is 13.8 Å². The minimum absolute atomic E-state index is 0.253. The van der Waals surface area contributed by atoms with Crippen LogP contribution in [0.1, 0.15) is 54.0 Å². The normalized spacial score (nSPS) is 12.6. The zero-order valence-corrected chi connectivity index (χ0v) is 19.6. The third-order valence-electron chi connectivity index (χ3n) is 5.88. The van der Waals surface area contributed by atoms with E-state index in [1.54, 1.807) is 79.7 Å². The summed E-state index contributed by atoms with van der Waals surface area (Å²) in [7, 11) is 0. The fourth-order valence-electron chi connectivity index (χ4n) is 4.18. The van der Waals surface area contributed by atoms with E-state index in [-0.39, 0.29) is 6.61 Å². The van der Waals surface area contributed by atoms with Gasteiger partial charge in [0.25, 0.3) is 17.7 Å². The molecule has 8 heteroatoms. The molecule has 1 aromatic heterocycles. The molecular formula is C28H21N3O5. The molecule has 0 saturated heterocycles. The molecule has 0 spiro atoms. The first-order valence-corrected chi connectivity index (χ1v) is 11.3. The van der Waals surface area contributed by atoms with E-state index in [4.69, 9.17) is 4.74 Å². The number of ether oxygens (including phenoxy) is 1. The average Bonchev–Trinajstić information content (AvgIpc) is 3.14. The van der Waals surface area contributed by atoms with Crippen LogP contribution in [0.2, 0.25) is 0 Å². The Morgan fingerprint density at radius 2 is 1.53 bits per heavy atom. The Morgan fingerprint density at radius 3 is 2.17 bits per heavy atom. The van der Waals surface area contributed by atoms with Gasteiger partial charge in [-0.25, -0.2) is 9.69 Å². The zero-order valence-electron chi connectivity index (χ0n) is 19.6. The molecule has 5 rings (SSSR count). The fourth-order valence-corrected chi connectivity index (χ4v) is 4.18. The van der Waals surface area contributed by atoms with E-state index in [0.29, 0.717) is 50.2 Å². The number of anilines is 2. The number of aryl methyl sites for hydroxylation is 1. The van der Waals surface area contributed by atoms with Crippen LogP contribution in [0.3, 0.4) is 0 Å². The third kappa shape index (κ3) is 3.98. The maximum atomic E-state index is 13.1. The molecule has 0 bridgehead atoms. The molecule has 2 heterocycles. The van der Waals surface area contributed by atoms with E-state index >= 15 is 0 Å². The van der Waals surface area contributed by atoms with Gasteiger partial charge in [-0.1, -0.05) is 12.1 Å². The Labute approximate surface area is 206 Å². The molecule has 8 nitrogen and oxygen atoms in total. The topological polar surface area (TPSA) is 106 Å². The van der Waals surface area contributed by atoms with E-state index in [2.05, 4.69) is 10.3 Å². The monoisotopic (exact) mass is 479 g/mol. The van der Waals surface area contributed by atoms with Gasteiger partial charge in [-0.3, -0.25) is 19.4 Å². The van der Waals surface area contributed by atoms with E-state index in [9.17, 15) is 19.2 Å². The Hall–Kier alpha value is -4.85. The van der Waals surface area contributed by atoms with Gasteiger partial charge in [0.05, 0.1) is 40.2 Å². The predicted octanol–water partition coefficient (Wildman–Crippen LogP) is 4.77. The summed E-state index contributed by atoms with van der Waals surface area (Å²) in [5.74, 6) is -1.65. The minimum atomic E-state index is -0.457. The number of hydrogen-bond donors (Lipinski definition) is 1. The lowest BCUT2D eigenvalue weighted by Crippen LogP contribution is -2.29. The number of carbonyl (C=O) groups excluding carboxylic acids is 4. The molecular weight excluding hydrogens is 458 g/mol. The Balaban J connectivity index is 1.41. The molecule has 1 N–H and O–H groups in total. The summed E-state index contributed by atoms with van der Waals surface area (Å²) >= 11 is 0. The highest BCUT2D eigenvalue weighted by molar-refractivity contribution is 6.34. The van der Waals surface area contributed by atoms with Crippen LogP contribution in [-0.2, 0) is 4.74 Å². The first-order chi connectivity index (χ1) is 17.4. The Kier molecular flexibility index (Phi) is 5.77. The highest BCUT2D eigenvalue weighted by atomic mass is 16.5. The number of benzene rings is 3. The van der Waals surface area contributed by atoms with Gasteiger partial charge in [0.1, 0.15) is 0 Å². The molecule has 1 aliphatic rings. The van der Waals surface area contributed by atoms with Crippen LogP contribution in [0, 0.1) is 6.92 Å². The summed E-state index contributed by atoms with van der Waals surface area (Å²) in [6, 6.07) is 19.6. The second-order valence-electron chi connectivity index (χ2n) is 8.26.